The van der Waals surface area contributed by atoms with Crippen LogP contribution in [0, 0.1) is 0 Å². The highest BCUT2D eigenvalue weighted by Gasteiger charge is 2.25. The Labute approximate surface area is 54.2 Å². The van der Waals surface area contributed by atoms with Crippen LogP contribution in [0.4, 0.5) is 0 Å². The van der Waals surface area contributed by atoms with E-state index in [1.807, 2.05) is 0 Å². The monoisotopic (exact) mass is 136 g/mol. The van der Waals surface area contributed by atoms with Gasteiger partial charge in [0.15, 0.2) is 0 Å². The first-order valence-electron chi connectivity index (χ1n) is 2.40. The SMILES string of the molecule is O=C1N=NN=C2N=NN=C12. The minimum absolute atomic E-state index is 0.0648. The van der Waals surface area contributed by atoms with Gasteiger partial charge in [0, 0.05) is 0 Å². The van der Waals surface area contributed by atoms with Gasteiger partial charge in [-0.15, -0.1) is 15.3 Å². The van der Waals surface area contributed by atoms with E-state index in [0.717, 1.165) is 0 Å². The molecule has 0 aromatic carbocycles. The number of carbonyl (C=O) groups is 1. The van der Waals surface area contributed by atoms with Gasteiger partial charge >= 0.3 is 5.91 Å². The van der Waals surface area contributed by atoms with E-state index in [1.54, 1.807) is 0 Å². The molecule has 0 bridgehead atoms. The zero-order valence-corrected chi connectivity index (χ0v) is 4.59. The second-order valence-corrected chi connectivity index (χ2v) is 1.56. The van der Waals surface area contributed by atoms with Crippen molar-refractivity contribution in [3.05, 3.63) is 0 Å². The van der Waals surface area contributed by atoms with E-state index in [4.69, 9.17) is 0 Å². The quantitative estimate of drug-likeness (QED) is 0.464. The van der Waals surface area contributed by atoms with Crippen LogP contribution >= 0.6 is 0 Å². The van der Waals surface area contributed by atoms with Gasteiger partial charge in [-0.05, 0) is 10.4 Å². The van der Waals surface area contributed by atoms with E-state index in [2.05, 4.69) is 30.9 Å². The van der Waals surface area contributed by atoms with Crippen molar-refractivity contribution >= 4 is 17.5 Å². The molecule has 2 aliphatic rings. The molecule has 0 aromatic heterocycles. The zero-order valence-electron chi connectivity index (χ0n) is 4.59. The molecule has 0 aliphatic carbocycles. The Balaban J connectivity index is 2.54. The van der Waals surface area contributed by atoms with Gasteiger partial charge in [0.25, 0.3) is 0 Å². The summed E-state index contributed by atoms with van der Waals surface area (Å²) in [6, 6.07) is 0. The Morgan fingerprint density at radius 1 is 1.00 bits per heavy atom. The molecule has 0 fully saturated rings. The third kappa shape index (κ3) is 0.508. The molecule has 0 atom stereocenters. The van der Waals surface area contributed by atoms with Crippen molar-refractivity contribution in [2.75, 3.05) is 0 Å². The maximum Gasteiger partial charge on any atom is 0.321 e. The average Bonchev–Trinajstić information content (AvgIpc) is 2.36. The Kier molecular flexibility index (Phi) is 0.802. The molecule has 0 saturated carbocycles. The fraction of sp³-hybridized carbons (Fsp3) is 0. The molecule has 2 heterocycles. The number of carbonyl (C=O) groups excluding carboxylic acids is 1. The highest BCUT2D eigenvalue weighted by molar-refractivity contribution is 6.67. The molecule has 0 radical (unpaired) electrons. The van der Waals surface area contributed by atoms with Crippen molar-refractivity contribution in [1.29, 1.82) is 0 Å². The first kappa shape index (κ1) is 5.03. The molecule has 48 valence electrons. The summed E-state index contributed by atoms with van der Waals surface area (Å²) in [5, 5.41) is 19.7. The van der Waals surface area contributed by atoms with Crippen molar-refractivity contribution in [1.82, 2.24) is 0 Å². The Morgan fingerprint density at radius 3 is 2.60 bits per heavy atom. The van der Waals surface area contributed by atoms with Crippen molar-refractivity contribution in [2.24, 2.45) is 30.9 Å². The van der Waals surface area contributed by atoms with Crippen LogP contribution in [0.3, 0.4) is 0 Å². The third-order valence-electron chi connectivity index (χ3n) is 0.974. The Hall–Kier alpha value is -1.79. The van der Waals surface area contributed by atoms with E-state index in [0.29, 0.717) is 0 Å². The maximum atomic E-state index is 10.7. The lowest BCUT2D eigenvalue weighted by Crippen LogP contribution is -2.20. The second kappa shape index (κ2) is 1.59. The largest absolute Gasteiger partial charge is 0.321 e. The van der Waals surface area contributed by atoms with Gasteiger partial charge in [0.2, 0.25) is 11.5 Å². The molecule has 0 unspecified atom stereocenters. The molecular formula is C3N6O. The smallest absolute Gasteiger partial charge is 0.263 e. The predicted octanol–water partition coefficient (Wildman–Crippen LogP) is 0.114. The molecule has 0 saturated heterocycles. The normalized spacial score (nSPS) is 20.6. The first-order valence-corrected chi connectivity index (χ1v) is 2.40. The van der Waals surface area contributed by atoms with Crippen molar-refractivity contribution in [3.63, 3.8) is 0 Å². The minimum atomic E-state index is -0.546. The van der Waals surface area contributed by atoms with Crippen LogP contribution in [0.2, 0.25) is 0 Å². The lowest BCUT2D eigenvalue weighted by atomic mass is 10.3. The minimum Gasteiger partial charge on any atom is -0.263 e. The molecular weight excluding hydrogens is 136 g/mol. The van der Waals surface area contributed by atoms with E-state index >= 15 is 0 Å². The zero-order chi connectivity index (χ0) is 6.97. The highest BCUT2D eigenvalue weighted by Crippen LogP contribution is 2.05. The maximum absolute atomic E-state index is 10.7. The summed E-state index contributed by atoms with van der Waals surface area (Å²) in [5.41, 5.74) is 0.0648. The molecule has 10 heavy (non-hydrogen) atoms. The van der Waals surface area contributed by atoms with Gasteiger partial charge in [-0.3, -0.25) is 4.79 Å². The predicted molar refractivity (Wildman–Crippen MR) is 29.6 cm³/mol. The Morgan fingerprint density at radius 2 is 1.80 bits per heavy atom. The molecule has 0 N–H and O–H groups in total. The summed E-state index contributed by atoms with van der Waals surface area (Å²) in [6.07, 6.45) is 0. The molecule has 2 rings (SSSR count). The van der Waals surface area contributed by atoms with E-state index in [9.17, 15) is 4.79 Å². The third-order valence-corrected chi connectivity index (χ3v) is 0.974. The van der Waals surface area contributed by atoms with E-state index in [1.165, 1.54) is 0 Å². The van der Waals surface area contributed by atoms with Crippen LogP contribution in [0.5, 0.6) is 0 Å². The summed E-state index contributed by atoms with van der Waals surface area (Å²) < 4.78 is 0. The van der Waals surface area contributed by atoms with Gasteiger partial charge in [0.1, 0.15) is 0 Å². The van der Waals surface area contributed by atoms with Gasteiger partial charge in [0.05, 0.1) is 0 Å². The average molecular weight is 136 g/mol. The van der Waals surface area contributed by atoms with Gasteiger partial charge in [-0.25, -0.2) is 0 Å². The number of rotatable bonds is 0. The summed E-state index contributed by atoms with van der Waals surface area (Å²) in [4.78, 5) is 10.7. The van der Waals surface area contributed by atoms with E-state index in [-0.39, 0.29) is 11.5 Å². The summed E-state index contributed by atoms with van der Waals surface area (Å²) in [7, 11) is 0. The molecule has 1 amide bonds. The fourth-order valence-electron chi connectivity index (χ4n) is 0.560. The van der Waals surface area contributed by atoms with Crippen LogP contribution in [0.15, 0.2) is 30.9 Å². The molecule has 0 aromatic rings. The number of fused-ring (bicyclic) bond motifs is 1. The van der Waals surface area contributed by atoms with Crippen LogP contribution in [0.25, 0.3) is 0 Å². The van der Waals surface area contributed by atoms with Gasteiger partial charge < -0.3 is 0 Å². The summed E-state index contributed by atoms with van der Waals surface area (Å²) in [5.74, 6) is -0.407. The topological polar surface area (TPSA) is 91.2 Å². The molecule has 7 heteroatoms. The summed E-state index contributed by atoms with van der Waals surface area (Å²) in [6.45, 7) is 0. The lowest BCUT2D eigenvalue weighted by molar-refractivity contribution is -0.112. The molecule has 2 aliphatic heterocycles. The van der Waals surface area contributed by atoms with Crippen molar-refractivity contribution < 1.29 is 4.79 Å². The van der Waals surface area contributed by atoms with Crippen LogP contribution in [0.1, 0.15) is 0 Å². The number of amides is 1. The number of amidine groups is 1. The van der Waals surface area contributed by atoms with Gasteiger partial charge in [-0.2, -0.15) is 0 Å². The fourth-order valence-corrected chi connectivity index (χ4v) is 0.560. The van der Waals surface area contributed by atoms with Crippen molar-refractivity contribution in [3.8, 4) is 0 Å². The van der Waals surface area contributed by atoms with Crippen LogP contribution < -0.4 is 0 Å². The van der Waals surface area contributed by atoms with Crippen LogP contribution in [-0.4, -0.2) is 17.5 Å². The molecule has 7 nitrogen and oxygen atoms in total. The number of hydrogen-bond donors (Lipinski definition) is 0. The Bertz CT molecular complexity index is 303. The van der Waals surface area contributed by atoms with Crippen LogP contribution in [-0.2, 0) is 4.79 Å². The van der Waals surface area contributed by atoms with Crippen molar-refractivity contribution in [2.45, 2.75) is 0 Å². The van der Waals surface area contributed by atoms with E-state index < -0.39 is 5.91 Å². The standard InChI is InChI=1S/C3N6O/c10-3-1-2(5-8-4-1)6-9-7-3. The number of hydrogen-bond acceptors (Lipinski definition) is 6. The highest BCUT2D eigenvalue weighted by atomic mass is 16.2. The molecule has 0 spiro atoms. The first-order chi connectivity index (χ1) is 4.88. The summed E-state index contributed by atoms with van der Waals surface area (Å²) >= 11 is 0. The lowest BCUT2D eigenvalue weighted by Gasteiger charge is -1.92. The second-order valence-electron chi connectivity index (χ2n) is 1.56. The van der Waals surface area contributed by atoms with Gasteiger partial charge in [-0.1, -0.05) is 5.11 Å². The number of nitrogens with zero attached hydrogens (tertiary/aromatic N) is 6.